The number of fused-ring (bicyclic) bond motifs is 1. The molecule has 0 spiro atoms. The summed E-state index contributed by atoms with van der Waals surface area (Å²) in [5, 5.41) is 1.18. The standard InChI is InChI=1S/C14H15NO3/c1-10(16)18-14(17)8-4-5-11-9-15-13-7-3-2-6-12(11)13/h2-3,6-7,9,15H,4-5,8H2,1H3. The molecular weight excluding hydrogens is 230 g/mol. The third kappa shape index (κ3) is 2.97. The van der Waals surface area contributed by atoms with E-state index in [1.54, 1.807) is 0 Å². The molecule has 1 N–H and O–H groups in total. The minimum atomic E-state index is -0.549. The molecule has 0 saturated heterocycles. The largest absolute Gasteiger partial charge is 0.393 e. The molecule has 0 unspecified atom stereocenters. The first kappa shape index (κ1) is 12.4. The molecule has 0 fully saturated rings. The van der Waals surface area contributed by atoms with Crippen LogP contribution in [0, 0.1) is 0 Å². The number of aromatic amines is 1. The van der Waals surface area contributed by atoms with E-state index >= 15 is 0 Å². The number of ether oxygens (including phenoxy) is 1. The van der Waals surface area contributed by atoms with E-state index in [1.807, 2.05) is 24.4 Å². The van der Waals surface area contributed by atoms with Crippen LogP contribution in [0.1, 0.15) is 25.3 Å². The zero-order chi connectivity index (χ0) is 13.0. The van der Waals surface area contributed by atoms with Crippen LogP contribution in [0.3, 0.4) is 0 Å². The second kappa shape index (κ2) is 5.49. The SMILES string of the molecule is CC(=O)OC(=O)CCCc1c[nH]c2ccccc12. The molecule has 4 nitrogen and oxygen atoms in total. The number of aromatic nitrogens is 1. The maximum absolute atomic E-state index is 11.2. The highest BCUT2D eigenvalue weighted by Gasteiger charge is 2.07. The van der Waals surface area contributed by atoms with Gasteiger partial charge in [-0.15, -0.1) is 0 Å². The molecule has 2 rings (SSSR count). The number of hydrogen-bond acceptors (Lipinski definition) is 3. The lowest BCUT2D eigenvalue weighted by Crippen LogP contribution is -2.08. The third-order valence-electron chi connectivity index (χ3n) is 2.76. The molecule has 0 bridgehead atoms. The lowest BCUT2D eigenvalue weighted by molar-refractivity contribution is -0.158. The Hall–Kier alpha value is -2.10. The summed E-state index contributed by atoms with van der Waals surface area (Å²) in [7, 11) is 0. The number of benzene rings is 1. The van der Waals surface area contributed by atoms with Crippen LogP contribution >= 0.6 is 0 Å². The number of carbonyl (C=O) groups is 2. The van der Waals surface area contributed by atoms with Crippen LogP contribution < -0.4 is 0 Å². The van der Waals surface area contributed by atoms with E-state index in [2.05, 4.69) is 15.8 Å². The number of esters is 2. The van der Waals surface area contributed by atoms with Crippen LogP contribution in [-0.2, 0) is 20.7 Å². The van der Waals surface area contributed by atoms with Gasteiger partial charge in [0.25, 0.3) is 0 Å². The van der Waals surface area contributed by atoms with E-state index in [9.17, 15) is 9.59 Å². The number of rotatable bonds is 4. The number of para-hydroxylation sites is 1. The van der Waals surface area contributed by atoms with E-state index in [1.165, 1.54) is 17.9 Å². The molecule has 0 aliphatic heterocycles. The van der Waals surface area contributed by atoms with E-state index in [-0.39, 0.29) is 6.42 Å². The zero-order valence-corrected chi connectivity index (χ0v) is 10.2. The van der Waals surface area contributed by atoms with Crippen molar-refractivity contribution in [3.8, 4) is 0 Å². The Bertz CT molecular complexity index is 571. The first-order valence-electron chi connectivity index (χ1n) is 5.93. The van der Waals surface area contributed by atoms with Crippen molar-refractivity contribution in [2.24, 2.45) is 0 Å². The van der Waals surface area contributed by atoms with Crippen LogP contribution in [0.5, 0.6) is 0 Å². The molecule has 1 aromatic carbocycles. The number of H-pyrrole nitrogens is 1. The highest BCUT2D eigenvalue weighted by molar-refractivity contribution is 5.84. The molecule has 94 valence electrons. The molecule has 4 heteroatoms. The number of hydrogen-bond donors (Lipinski definition) is 1. The maximum Gasteiger partial charge on any atom is 0.313 e. The number of aryl methyl sites for hydroxylation is 1. The van der Waals surface area contributed by atoms with Gasteiger partial charge in [0, 0.05) is 30.4 Å². The van der Waals surface area contributed by atoms with Crippen molar-refractivity contribution in [1.82, 2.24) is 4.98 Å². The molecular formula is C14H15NO3. The Morgan fingerprint density at radius 2 is 2.06 bits per heavy atom. The average Bonchev–Trinajstić information content (AvgIpc) is 2.72. The van der Waals surface area contributed by atoms with Crippen LogP contribution in [0.15, 0.2) is 30.5 Å². The first-order valence-corrected chi connectivity index (χ1v) is 5.93. The Morgan fingerprint density at radius 3 is 2.83 bits per heavy atom. The summed E-state index contributed by atoms with van der Waals surface area (Å²) in [5.74, 6) is -1.01. The van der Waals surface area contributed by atoms with Crippen LogP contribution in [0.2, 0.25) is 0 Å². The summed E-state index contributed by atoms with van der Waals surface area (Å²) < 4.78 is 4.47. The maximum atomic E-state index is 11.2. The van der Waals surface area contributed by atoms with Gasteiger partial charge in [0.15, 0.2) is 0 Å². The normalized spacial score (nSPS) is 10.5. The number of carbonyl (C=O) groups excluding carboxylic acids is 2. The Kier molecular flexibility index (Phi) is 3.77. The molecule has 0 amide bonds. The molecule has 1 aromatic heterocycles. The van der Waals surface area contributed by atoms with Crippen molar-refractivity contribution in [3.05, 3.63) is 36.0 Å². The van der Waals surface area contributed by atoms with Gasteiger partial charge < -0.3 is 9.72 Å². The summed E-state index contributed by atoms with van der Waals surface area (Å²) in [6.45, 7) is 1.23. The Morgan fingerprint density at radius 1 is 1.28 bits per heavy atom. The van der Waals surface area contributed by atoms with Crippen molar-refractivity contribution in [2.45, 2.75) is 26.2 Å². The molecule has 18 heavy (non-hydrogen) atoms. The minimum absolute atomic E-state index is 0.263. The topological polar surface area (TPSA) is 59.2 Å². The quantitative estimate of drug-likeness (QED) is 0.665. The highest BCUT2D eigenvalue weighted by Crippen LogP contribution is 2.19. The fourth-order valence-corrected chi connectivity index (χ4v) is 1.97. The van der Waals surface area contributed by atoms with Crippen LogP contribution in [0.4, 0.5) is 0 Å². The first-order chi connectivity index (χ1) is 8.66. The van der Waals surface area contributed by atoms with Crippen LogP contribution in [0.25, 0.3) is 10.9 Å². The van der Waals surface area contributed by atoms with Crippen molar-refractivity contribution < 1.29 is 14.3 Å². The molecule has 2 aromatic rings. The molecule has 1 heterocycles. The van der Waals surface area contributed by atoms with Gasteiger partial charge >= 0.3 is 11.9 Å². The lowest BCUT2D eigenvalue weighted by atomic mass is 10.1. The summed E-state index contributed by atoms with van der Waals surface area (Å²) in [5.41, 5.74) is 2.28. The molecule has 0 saturated carbocycles. The van der Waals surface area contributed by atoms with Gasteiger partial charge in [-0.05, 0) is 24.5 Å². The smallest absolute Gasteiger partial charge is 0.313 e. The Labute approximate surface area is 105 Å². The summed E-state index contributed by atoms with van der Waals surface area (Å²) >= 11 is 0. The van der Waals surface area contributed by atoms with E-state index in [0.717, 1.165) is 11.9 Å². The van der Waals surface area contributed by atoms with Gasteiger partial charge in [0.05, 0.1) is 0 Å². The molecule has 0 aliphatic rings. The van der Waals surface area contributed by atoms with Crippen molar-refractivity contribution in [2.75, 3.05) is 0 Å². The molecule has 0 radical (unpaired) electrons. The number of nitrogens with one attached hydrogen (secondary N) is 1. The van der Waals surface area contributed by atoms with Gasteiger partial charge in [0.2, 0.25) is 0 Å². The minimum Gasteiger partial charge on any atom is -0.393 e. The fourth-order valence-electron chi connectivity index (χ4n) is 1.97. The van der Waals surface area contributed by atoms with Gasteiger partial charge in [-0.1, -0.05) is 18.2 Å². The van der Waals surface area contributed by atoms with Gasteiger partial charge in [-0.3, -0.25) is 9.59 Å². The summed E-state index contributed by atoms with van der Waals surface area (Å²) in [4.78, 5) is 25.0. The highest BCUT2D eigenvalue weighted by atomic mass is 16.6. The van der Waals surface area contributed by atoms with Crippen molar-refractivity contribution in [1.29, 1.82) is 0 Å². The van der Waals surface area contributed by atoms with E-state index in [0.29, 0.717) is 6.42 Å². The third-order valence-corrected chi connectivity index (χ3v) is 2.76. The average molecular weight is 245 g/mol. The second-order valence-corrected chi connectivity index (χ2v) is 4.18. The van der Waals surface area contributed by atoms with Gasteiger partial charge in [-0.2, -0.15) is 0 Å². The fraction of sp³-hybridized carbons (Fsp3) is 0.286. The lowest BCUT2D eigenvalue weighted by Gasteiger charge is -2.00. The zero-order valence-electron chi connectivity index (χ0n) is 10.2. The van der Waals surface area contributed by atoms with Crippen molar-refractivity contribution in [3.63, 3.8) is 0 Å². The summed E-state index contributed by atoms with van der Waals surface area (Å²) in [6, 6.07) is 8.04. The molecule has 0 atom stereocenters. The van der Waals surface area contributed by atoms with E-state index < -0.39 is 11.9 Å². The van der Waals surface area contributed by atoms with Crippen molar-refractivity contribution >= 4 is 22.8 Å². The van der Waals surface area contributed by atoms with Gasteiger partial charge in [-0.25, -0.2) is 0 Å². The predicted octanol–water partition coefficient (Wildman–Crippen LogP) is 2.58. The van der Waals surface area contributed by atoms with Crippen LogP contribution in [-0.4, -0.2) is 16.9 Å². The second-order valence-electron chi connectivity index (χ2n) is 4.18. The Balaban J connectivity index is 1.91. The summed E-state index contributed by atoms with van der Waals surface area (Å²) in [6.07, 6.45) is 3.69. The monoisotopic (exact) mass is 245 g/mol. The van der Waals surface area contributed by atoms with Gasteiger partial charge in [0.1, 0.15) is 0 Å². The predicted molar refractivity (Wildman–Crippen MR) is 68.0 cm³/mol. The molecule has 0 aliphatic carbocycles. The van der Waals surface area contributed by atoms with E-state index in [4.69, 9.17) is 0 Å².